The van der Waals surface area contributed by atoms with Crippen molar-refractivity contribution in [2.45, 2.75) is 26.4 Å². The molecule has 0 aromatic heterocycles. The summed E-state index contributed by atoms with van der Waals surface area (Å²) in [5.41, 5.74) is 0. The molecule has 0 fully saturated rings. The standard InChI is InChI=1S/C6H14O2/c1-3-5(2)6(8)4-7/h5-8H,3-4H2,1-2H3/t5-,6+/m1/s1. The third kappa shape index (κ3) is 2.28. The summed E-state index contributed by atoms with van der Waals surface area (Å²) in [5.74, 6) is 0.222. The molecule has 0 aromatic carbocycles. The molecule has 0 aliphatic rings. The van der Waals surface area contributed by atoms with Crippen molar-refractivity contribution in [1.82, 2.24) is 0 Å². The van der Waals surface area contributed by atoms with Gasteiger partial charge < -0.3 is 10.2 Å². The lowest BCUT2D eigenvalue weighted by Crippen LogP contribution is -2.20. The van der Waals surface area contributed by atoms with Crippen LogP contribution in [0.4, 0.5) is 0 Å². The molecule has 50 valence electrons. The maximum atomic E-state index is 8.88. The Balaban J connectivity index is 3.29. The van der Waals surface area contributed by atoms with Gasteiger partial charge >= 0.3 is 0 Å². The van der Waals surface area contributed by atoms with Crippen molar-refractivity contribution in [3.8, 4) is 0 Å². The van der Waals surface area contributed by atoms with Crippen LogP contribution in [0.3, 0.4) is 0 Å². The summed E-state index contributed by atoms with van der Waals surface area (Å²) in [6.45, 7) is 3.79. The van der Waals surface area contributed by atoms with Crippen LogP contribution in [0.2, 0.25) is 0 Å². The third-order valence-electron chi connectivity index (χ3n) is 1.49. The van der Waals surface area contributed by atoms with Gasteiger partial charge in [0.1, 0.15) is 0 Å². The summed E-state index contributed by atoms with van der Waals surface area (Å²) < 4.78 is 0. The lowest BCUT2D eigenvalue weighted by atomic mass is 10.0. The summed E-state index contributed by atoms with van der Waals surface area (Å²) in [7, 11) is 0. The molecule has 2 nitrogen and oxygen atoms in total. The second-order valence-corrected chi connectivity index (χ2v) is 2.14. The highest BCUT2D eigenvalue weighted by molar-refractivity contribution is 4.59. The van der Waals surface area contributed by atoms with Crippen molar-refractivity contribution in [3.05, 3.63) is 0 Å². The first-order valence-corrected chi connectivity index (χ1v) is 3.01. The molecule has 2 N–H and O–H groups in total. The van der Waals surface area contributed by atoms with Gasteiger partial charge in [-0.25, -0.2) is 0 Å². The maximum Gasteiger partial charge on any atom is 0.0796 e. The summed E-state index contributed by atoms with van der Waals surface area (Å²) >= 11 is 0. The van der Waals surface area contributed by atoms with Gasteiger partial charge in [0, 0.05) is 0 Å². The normalized spacial score (nSPS) is 18.0. The van der Waals surface area contributed by atoms with Crippen molar-refractivity contribution in [2.24, 2.45) is 5.92 Å². The topological polar surface area (TPSA) is 40.5 Å². The predicted octanol–water partition coefficient (Wildman–Crippen LogP) is 0.386. The molecule has 0 spiro atoms. The molecule has 2 atom stereocenters. The van der Waals surface area contributed by atoms with Gasteiger partial charge in [0.15, 0.2) is 0 Å². The third-order valence-corrected chi connectivity index (χ3v) is 1.49. The van der Waals surface area contributed by atoms with E-state index in [-0.39, 0.29) is 12.5 Å². The monoisotopic (exact) mass is 118 g/mol. The molecule has 0 radical (unpaired) electrons. The molecule has 2 heteroatoms. The minimum atomic E-state index is -0.528. The second-order valence-electron chi connectivity index (χ2n) is 2.14. The van der Waals surface area contributed by atoms with Gasteiger partial charge in [-0.15, -0.1) is 0 Å². The molecular weight excluding hydrogens is 104 g/mol. The minimum absolute atomic E-state index is 0.116. The van der Waals surface area contributed by atoms with E-state index in [9.17, 15) is 0 Å². The highest BCUT2D eigenvalue weighted by Crippen LogP contribution is 2.05. The Kier molecular flexibility index (Phi) is 3.83. The lowest BCUT2D eigenvalue weighted by Gasteiger charge is -2.12. The van der Waals surface area contributed by atoms with Crippen LogP contribution in [0, 0.1) is 5.92 Å². The average Bonchev–Trinajstić information content (AvgIpc) is 1.84. The first-order valence-electron chi connectivity index (χ1n) is 3.01. The van der Waals surface area contributed by atoms with Gasteiger partial charge in [0.2, 0.25) is 0 Å². The molecule has 0 heterocycles. The zero-order valence-corrected chi connectivity index (χ0v) is 5.46. The van der Waals surface area contributed by atoms with E-state index in [1.165, 1.54) is 0 Å². The van der Waals surface area contributed by atoms with E-state index in [1.54, 1.807) is 0 Å². The Morgan fingerprint density at radius 1 is 1.50 bits per heavy atom. The van der Waals surface area contributed by atoms with E-state index in [0.29, 0.717) is 0 Å². The van der Waals surface area contributed by atoms with Crippen LogP contribution in [0.5, 0.6) is 0 Å². The van der Waals surface area contributed by atoms with Gasteiger partial charge in [-0.3, -0.25) is 0 Å². The maximum absolute atomic E-state index is 8.88. The van der Waals surface area contributed by atoms with E-state index in [2.05, 4.69) is 0 Å². The fourth-order valence-electron chi connectivity index (χ4n) is 0.452. The van der Waals surface area contributed by atoms with E-state index in [4.69, 9.17) is 10.2 Å². The summed E-state index contributed by atoms with van der Waals surface area (Å²) in [6.07, 6.45) is 0.391. The molecule has 0 aliphatic heterocycles. The first-order chi connectivity index (χ1) is 3.72. The van der Waals surface area contributed by atoms with Crippen molar-refractivity contribution >= 4 is 0 Å². The SMILES string of the molecule is CC[C@@H](C)[C@@H](O)CO. The highest BCUT2D eigenvalue weighted by Gasteiger charge is 2.08. The molecule has 0 amide bonds. The van der Waals surface area contributed by atoms with Gasteiger partial charge in [-0.1, -0.05) is 20.3 Å². The molecule has 0 aromatic rings. The van der Waals surface area contributed by atoms with Crippen LogP contribution in [0.1, 0.15) is 20.3 Å². The smallest absolute Gasteiger partial charge is 0.0796 e. The molecule has 0 unspecified atom stereocenters. The van der Waals surface area contributed by atoms with Crippen LogP contribution in [0.15, 0.2) is 0 Å². The lowest BCUT2D eigenvalue weighted by molar-refractivity contribution is 0.0521. The molecule has 0 saturated carbocycles. The average molecular weight is 118 g/mol. The van der Waals surface area contributed by atoms with Crippen LogP contribution < -0.4 is 0 Å². The Labute approximate surface area is 50.2 Å². The quantitative estimate of drug-likeness (QED) is 0.562. The number of rotatable bonds is 3. The number of aliphatic hydroxyl groups excluding tert-OH is 2. The molecule has 0 rings (SSSR count). The van der Waals surface area contributed by atoms with Crippen molar-refractivity contribution in [3.63, 3.8) is 0 Å². The zero-order chi connectivity index (χ0) is 6.57. The largest absolute Gasteiger partial charge is 0.394 e. The van der Waals surface area contributed by atoms with Crippen LogP contribution in [-0.2, 0) is 0 Å². The van der Waals surface area contributed by atoms with Crippen molar-refractivity contribution in [1.29, 1.82) is 0 Å². The summed E-state index contributed by atoms with van der Waals surface area (Å²) in [5, 5.41) is 17.3. The molecule has 8 heavy (non-hydrogen) atoms. The van der Waals surface area contributed by atoms with Crippen molar-refractivity contribution in [2.75, 3.05) is 6.61 Å². The highest BCUT2D eigenvalue weighted by atomic mass is 16.3. The Hall–Kier alpha value is -0.0800. The molecule has 0 aliphatic carbocycles. The van der Waals surface area contributed by atoms with Crippen LogP contribution in [-0.4, -0.2) is 22.9 Å². The van der Waals surface area contributed by atoms with Gasteiger partial charge in [0.05, 0.1) is 12.7 Å². The summed E-state index contributed by atoms with van der Waals surface area (Å²) in [6, 6.07) is 0. The van der Waals surface area contributed by atoms with Crippen molar-refractivity contribution < 1.29 is 10.2 Å². The Morgan fingerprint density at radius 3 is 2.12 bits per heavy atom. The Bertz CT molecular complexity index is 46.5. The van der Waals surface area contributed by atoms with Crippen LogP contribution in [0.25, 0.3) is 0 Å². The predicted molar refractivity (Wildman–Crippen MR) is 32.5 cm³/mol. The van der Waals surface area contributed by atoms with Crippen LogP contribution >= 0.6 is 0 Å². The molecular formula is C6H14O2. The van der Waals surface area contributed by atoms with E-state index in [1.807, 2.05) is 13.8 Å². The minimum Gasteiger partial charge on any atom is -0.394 e. The summed E-state index contributed by atoms with van der Waals surface area (Å²) in [4.78, 5) is 0. The zero-order valence-electron chi connectivity index (χ0n) is 5.46. The number of aliphatic hydroxyl groups is 2. The van der Waals surface area contributed by atoms with E-state index in [0.717, 1.165) is 6.42 Å². The second kappa shape index (κ2) is 3.87. The van der Waals surface area contributed by atoms with E-state index >= 15 is 0 Å². The molecule has 0 bridgehead atoms. The van der Waals surface area contributed by atoms with Gasteiger partial charge in [-0.05, 0) is 5.92 Å². The number of hydrogen-bond donors (Lipinski definition) is 2. The van der Waals surface area contributed by atoms with Gasteiger partial charge in [-0.2, -0.15) is 0 Å². The Morgan fingerprint density at radius 2 is 2.00 bits per heavy atom. The van der Waals surface area contributed by atoms with Gasteiger partial charge in [0.25, 0.3) is 0 Å². The first kappa shape index (κ1) is 7.92. The fraction of sp³-hybridized carbons (Fsp3) is 1.00. The molecule has 0 saturated heterocycles. The fourth-order valence-corrected chi connectivity index (χ4v) is 0.452. The number of hydrogen-bond acceptors (Lipinski definition) is 2. The van der Waals surface area contributed by atoms with E-state index < -0.39 is 6.10 Å².